The van der Waals surface area contributed by atoms with Crippen LogP contribution in [0.3, 0.4) is 0 Å². The second-order valence-electron chi connectivity index (χ2n) is 5.66. The van der Waals surface area contributed by atoms with E-state index < -0.39 is 0 Å². The van der Waals surface area contributed by atoms with Gasteiger partial charge in [0.1, 0.15) is 11.6 Å². The highest BCUT2D eigenvalue weighted by Gasteiger charge is 2.07. The first kappa shape index (κ1) is 16.7. The Kier molecular flexibility index (Phi) is 5.09. The Morgan fingerprint density at radius 3 is 2.72 bits per heavy atom. The van der Waals surface area contributed by atoms with E-state index in [9.17, 15) is 9.18 Å². The average molecular weight is 339 g/mol. The summed E-state index contributed by atoms with van der Waals surface area (Å²) in [6.45, 7) is 2.34. The van der Waals surface area contributed by atoms with Crippen LogP contribution in [0.1, 0.15) is 11.1 Å². The van der Waals surface area contributed by atoms with E-state index in [0.29, 0.717) is 18.0 Å². The first-order valence-electron chi connectivity index (χ1n) is 7.85. The van der Waals surface area contributed by atoms with Crippen molar-refractivity contribution in [3.8, 4) is 5.75 Å². The molecule has 0 saturated carbocycles. The SMILES string of the molecule is Cc1ccccc1OCC(=O)Nc1cnn(Cc2ccc(F)cc2)c1. The van der Waals surface area contributed by atoms with Crippen LogP contribution in [0, 0.1) is 12.7 Å². The molecule has 0 fully saturated rings. The van der Waals surface area contributed by atoms with Gasteiger partial charge in [-0.3, -0.25) is 9.48 Å². The summed E-state index contributed by atoms with van der Waals surface area (Å²) in [7, 11) is 0. The van der Waals surface area contributed by atoms with Crippen molar-refractivity contribution in [2.75, 3.05) is 11.9 Å². The van der Waals surface area contributed by atoms with Crippen LogP contribution in [-0.2, 0) is 11.3 Å². The normalized spacial score (nSPS) is 10.5. The van der Waals surface area contributed by atoms with Crippen molar-refractivity contribution >= 4 is 11.6 Å². The number of carbonyl (C=O) groups is 1. The van der Waals surface area contributed by atoms with Crippen LogP contribution in [0.4, 0.5) is 10.1 Å². The van der Waals surface area contributed by atoms with Crippen LogP contribution in [0.25, 0.3) is 0 Å². The lowest BCUT2D eigenvalue weighted by atomic mass is 10.2. The molecule has 128 valence electrons. The minimum absolute atomic E-state index is 0.0754. The second kappa shape index (κ2) is 7.61. The molecule has 1 amide bonds. The number of hydrogen-bond donors (Lipinski definition) is 1. The van der Waals surface area contributed by atoms with E-state index in [2.05, 4.69) is 10.4 Å². The van der Waals surface area contributed by atoms with E-state index >= 15 is 0 Å². The molecule has 0 unspecified atom stereocenters. The number of carbonyl (C=O) groups excluding carboxylic acids is 1. The number of rotatable bonds is 6. The quantitative estimate of drug-likeness (QED) is 0.749. The Balaban J connectivity index is 1.53. The Labute approximate surface area is 145 Å². The molecule has 0 radical (unpaired) electrons. The number of nitrogens with zero attached hydrogens (tertiary/aromatic N) is 2. The predicted octanol–water partition coefficient (Wildman–Crippen LogP) is 3.40. The standard InChI is InChI=1S/C19H18FN3O2/c1-14-4-2-3-5-18(14)25-13-19(24)22-17-10-21-23(12-17)11-15-6-8-16(20)9-7-15/h2-10,12H,11,13H2,1H3,(H,22,24). The Morgan fingerprint density at radius 1 is 1.20 bits per heavy atom. The van der Waals surface area contributed by atoms with Crippen molar-refractivity contribution in [1.82, 2.24) is 9.78 Å². The molecule has 0 aliphatic carbocycles. The molecule has 0 bridgehead atoms. The highest BCUT2D eigenvalue weighted by atomic mass is 19.1. The van der Waals surface area contributed by atoms with Crippen LogP contribution in [-0.4, -0.2) is 22.3 Å². The molecule has 1 aromatic heterocycles. The van der Waals surface area contributed by atoms with Gasteiger partial charge in [-0.2, -0.15) is 5.10 Å². The smallest absolute Gasteiger partial charge is 0.262 e. The molecule has 2 aromatic carbocycles. The van der Waals surface area contributed by atoms with Crippen molar-refractivity contribution in [2.24, 2.45) is 0 Å². The van der Waals surface area contributed by atoms with Gasteiger partial charge in [-0.05, 0) is 36.2 Å². The molecule has 0 atom stereocenters. The summed E-state index contributed by atoms with van der Waals surface area (Å²) in [5.74, 6) is 0.153. The summed E-state index contributed by atoms with van der Waals surface area (Å²) in [6.07, 6.45) is 3.28. The number of anilines is 1. The molecule has 5 nitrogen and oxygen atoms in total. The summed E-state index contributed by atoms with van der Waals surface area (Å²) in [4.78, 5) is 12.0. The molecule has 25 heavy (non-hydrogen) atoms. The largest absolute Gasteiger partial charge is 0.483 e. The molecule has 0 spiro atoms. The van der Waals surface area contributed by atoms with Gasteiger partial charge >= 0.3 is 0 Å². The molecule has 0 saturated heterocycles. The number of aryl methyl sites for hydroxylation is 1. The maximum absolute atomic E-state index is 12.9. The van der Waals surface area contributed by atoms with Gasteiger partial charge in [-0.1, -0.05) is 30.3 Å². The lowest BCUT2D eigenvalue weighted by molar-refractivity contribution is -0.118. The van der Waals surface area contributed by atoms with E-state index in [0.717, 1.165) is 11.1 Å². The van der Waals surface area contributed by atoms with Gasteiger partial charge in [0.05, 0.1) is 18.4 Å². The number of halogens is 1. The zero-order valence-corrected chi connectivity index (χ0v) is 13.8. The van der Waals surface area contributed by atoms with E-state index in [1.807, 2.05) is 31.2 Å². The number of ether oxygens (including phenoxy) is 1. The van der Waals surface area contributed by atoms with Crippen molar-refractivity contribution in [3.05, 3.63) is 77.9 Å². The molecular weight excluding hydrogens is 321 g/mol. The topological polar surface area (TPSA) is 56.1 Å². The third-order valence-electron chi connectivity index (χ3n) is 3.63. The highest BCUT2D eigenvalue weighted by molar-refractivity contribution is 5.91. The number of aromatic nitrogens is 2. The van der Waals surface area contributed by atoms with Crippen LogP contribution in [0.2, 0.25) is 0 Å². The molecule has 3 rings (SSSR count). The Morgan fingerprint density at radius 2 is 1.96 bits per heavy atom. The van der Waals surface area contributed by atoms with Crippen LogP contribution in [0.5, 0.6) is 5.75 Å². The minimum Gasteiger partial charge on any atom is -0.483 e. The fourth-order valence-corrected chi connectivity index (χ4v) is 2.35. The van der Waals surface area contributed by atoms with Crippen molar-refractivity contribution < 1.29 is 13.9 Å². The number of para-hydroxylation sites is 1. The molecule has 0 aliphatic rings. The summed E-state index contributed by atoms with van der Waals surface area (Å²) >= 11 is 0. The molecule has 6 heteroatoms. The minimum atomic E-state index is -0.272. The first-order valence-corrected chi connectivity index (χ1v) is 7.85. The van der Waals surface area contributed by atoms with Gasteiger partial charge in [-0.15, -0.1) is 0 Å². The first-order chi connectivity index (χ1) is 12.1. The zero-order valence-electron chi connectivity index (χ0n) is 13.8. The third-order valence-corrected chi connectivity index (χ3v) is 3.63. The van der Waals surface area contributed by atoms with Gasteiger partial charge in [-0.25, -0.2) is 4.39 Å². The molecule has 3 aromatic rings. The fraction of sp³-hybridized carbons (Fsp3) is 0.158. The monoisotopic (exact) mass is 339 g/mol. The number of nitrogens with one attached hydrogen (secondary N) is 1. The Bertz CT molecular complexity index is 859. The molecular formula is C19H18FN3O2. The summed E-state index contributed by atoms with van der Waals surface area (Å²) in [6, 6.07) is 13.7. The van der Waals surface area contributed by atoms with Gasteiger partial charge < -0.3 is 10.1 Å². The maximum atomic E-state index is 12.9. The fourth-order valence-electron chi connectivity index (χ4n) is 2.35. The van der Waals surface area contributed by atoms with Crippen molar-refractivity contribution in [3.63, 3.8) is 0 Å². The predicted molar refractivity (Wildman–Crippen MR) is 93.0 cm³/mol. The van der Waals surface area contributed by atoms with Crippen molar-refractivity contribution in [2.45, 2.75) is 13.5 Å². The number of amides is 1. The van der Waals surface area contributed by atoms with Gasteiger partial charge in [0, 0.05) is 6.20 Å². The van der Waals surface area contributed by atoms with Crippen molar-refractivity contribution in [1.29, 1.82) is 0 Å². The van der Waals surface area contributed by atoms with E-state index in [1.54, 1.807) is 29.2 Å². The summed E-state index contributed by atoms with van der Waals surface area (Å²) < 4.78 is 20.1. The van der Waals surface area contributed by atoms with Gasteiger partial charge in [0.15, 0.2) is 6.61 Å². The van der Waals surface area contributed by atoms with Crippen LogP contribution < -0.4 is 10.1 Å². The second-order valence-corrected chi connectivity index (χ2v) is 5.66. The van der Waals surface area contributed by atoms with Gasteiger partial charge in [0.2, 0.25) is 0 Å². The highest BCUT2D eigenvalue weighted by Crippen LogP contribution is 2.16. The summed E-state index contributed by atoms with van der Waals surface area (Å²) in [5.41, 5.74) is 2.48. The molecule has 0 aliphatic heterocycles. The van der Waals surface area contributed by atoms with E-state index in [4.69, 9.17) is 4.74 Å². The third kappa shape index (κ3) is 4.67. The molecule has 1 heterocycles. The lowest BCUT2D eigenvalue weighted by Crippen LogP contribution is -2.20. The van der Waals surface area contributed by atoms with E-state index in [1.165, 1.54) is 12.1 Å². The van der Waals surface area contributed by atoms with Crippen LogP contribution in [0.15, 0.2) is 60.9 Å². The zero-order chi connectivity index (χ0) is 17.6. The Hall–Kier alpha value is -3.15. The maximum Gasteiger partial charge on any atom is 0.262 e. The van der Waals surface area contributed by atoms with Gasteiger partial charge in [0.25, 0.3) is 5.91 Å². The summed E-state index contributed by atoms with van der Waals surface area (Å²) in [5, 5.41) is 6.93. The average Bonchev–Trinajstić information content (AvgIpc) is 3.03. The lowest BCUT2D eigenvalue weighted by Gasteiger charge is -2.08. The van der Waals surface area contributed by atoms with E-state index in [-0.39, 0.29) is 18.3 Å². The molecule has 1 N–H and O–H groups in total. The van der Waals surface area contributed by atoms with Crippen LogP contribution >= 0.6 is 0 Å². The number of benzene rings is 2. The number of hydrogen-bond acceptors (Lipinski definition) is 3.